The molecule has 1 aromatic heterocycles. The van der Waals surface area contributed by atoms with Crippen molar-refractivity contribution in [3.05, 3.63) is 65.9 Å². The second kappa shape index (κ2) is 7.19. The van der Waals surface area contributed by atoms with E-state index in [0.29, 0.717) is 12.1 Å². The number of hydrogen-bond acceptors (Lipinski definition) is 3. The van der Waals surface area contributed by atoms with E-state index in [1.165, 1.54) is 0 Å². The molecule has 1 atom stereocenters. The molecular weight excluding hydrogens is 304 g/mol. The third-order valence-electron chi connectivity index (χ3n) is 3.89. The molecule has 0 saturated heterocycles. The Kier molecular flexibility index (Phi) is 4.82. The van der Waals surface area contributed by atoms with Crippen LogP contribution in [0.1, 0.15) is 16.1 Å². The van der Waals surface area contributed by atoms with Crippen molar-refractivity contribution in [3.8, 4) is 5.75 Å². The molecule has 0 aliphatic heterocycles. The number of carbonyl (C=O) groups excluding carboxylic acids is 1. The zero-order chi connectivity index (χ0) is 16.9. The van der Waals surface area contributed by atoms with Gasteiger partial charge in [0.2, 0.25) is 0 Å². The quantitative estimate of drug-likeness (QED) is 0.652. The highest BCUT2D eigenvalue weighted by atomic mass is 16.5. The summed E-state index contributed by atoms with van der Waals surface area (Å²) in [6, 6.07) is 17.1. The monoisotopic (exact) mass is 324 g/mol. The molecule has 0 unspecified atom stereocenters. The van der Waals surface area contributed by atoms with Crippen molar-refractivity contribution in [1.82, 2.24) is 10.3 Å². The molecule has 3 rings (SSSR count). The molecule has 0 aliphatic rings. The zero-order valence-electron chi connectivity index (χ0n) is 13.5. The fraction of sp³-hybridized carbons (Fsp3) is 0.211. The van der Waals surface area contributed by atoms with E-state index < -0.39 is 6.10 Å². The van der Waals surface area contributed by atoms with Gasteiger partial charge in [0.05, 0.1) is 13.2 Å². The third-order valence-corrected chi connectivity index (χ3v) is 3.89. The average Bonchev–Trinajstić information content (AvgIpc) is 3.03. The number of aromatic amines is 1. The highest BCUT2D eigenvalue weighted by Crippen LogP contribution is 2.21. The van der Waals surface area contributed by atoms with Crippen molar-refractivity contribution in [2.24, 2.45) is 0 Å². The van der Waals surface area contributed by atoms with Crippen LogP contribution in [0.4, 0.5) is 0 Å². The molecule has 0 bridgehead atoms. The predicted molar refractivity (Wildman–Crippen MR) is 93.3 cm³/mol. The van der Waals surface area contributed by atoms with Crippen molar-refractivity contribution in [2.75, 3.05) is 13.7 Å². The van der Waals surface area contributed by atoms with Crippen molar-refractivity contribution in [2.45, 2.75) is 12.5 Å². The lowest BCUT2D eigenvalue weighted by Gasteiger charge is -2.11. The number of fused-ring (bicyclic) bond motifs is 1. The molecule has 0 radical (unpaired) electrons. The second-order valence-electron chi connectivity index (χ2n) is 5.69. The van der Waals surface area contributed by atoms with Crippen molar-refractivity contribution >= 4 is 16.8 Å². The Balaban J connectivity index is 1.60. The summed E-state index contributed by atoms with van der Waals surface area (Å²) in [7, 11) is 1.60. The maximum atomic E-state index is 12.2. The maximum absolute atomic E-state index is 12.2. The highest BCUT2D eigenvalue weighted by molar-refractivity contribution is 5.98. The van der Waals surface area contributed by atoms with Gasteiger partial charge in [0.15, 0.2) is 0 Å². The largest absolute Gasteiger partial charge is 0.497 e. The molecule has 24 heavy (non-hydrogen) atoms. The van der Waals surface area contributed by atoms with Gasteiger partial charge in [-0.1, -0.05) is 30.3 Å². The predicted octanol–water partition coefficient (Wildman–Crippen LogP) is 2.51. The number of ether oxygens (including phenoxy) is 1. The number of aliphatic hydroxyl groups excluding tert-OH is 1. The normalized spacial score (nSPS) is 12.1. The smallest absolute Gasteiger partial charge is 0.267 e. The first-order valence-corrected chi connectivity index (χ1v) is 7.82. The first-order chi connectivity index (χ1) is 11.7. The average molecular weight is 324 g/mol. The van der Waals surface area contributed by atoms with Gasteiger partial charge >= 0.3 is 0 Å². The zero-order valence-corrected chi connectivity index (χ0v) is 13.5. The number of hydrogen-bond donors (Lipinski definition) is 3. The van der Waals surface area contributed by atoms with E-state index in [1.807, 2.05) is 48.5 Å². The number of methoxy groups -OCH3 is 1. The van der Waals surface area contributed by atoms with E-state index in [4.69, 9.17) is 4.74 Å². The number of H-pyrrole nitrogens is 1. The van der Waals surface area contributed by atoms with E-state index in [2.05, 4.69) is 10.3 Å². The molecule has 1 amide bonds. The number of rotatable bonds is 6. The van der Waals surface area contributed by atoms with E-state index in [-0.39, 0.29) is 12.5 Å². The van der Waals surface area contributed by atoms with Gasteiger partial charge < -0.3 is 20.1 Å². The minimum Gasteiger partial charge on any atom is -0.497 e. The maximum Gasteiger partial charge on any atom is 0.267 e. The topological polar surface area (TPSA) is 74.3 Å². The molecule has 3 N–H and O–H groups in total. The van der Waals surface area contributed by atoms with Crippen LogP contribution in [-0.4, -0.2) is 35.8 Å². The lowest BCUT2D eigenvalue weighted by molar-refractivity contribution is 0.0912. The Morgan fingerprint density at radius 1 is 1.21 bits per heavy atom. The minimum absolute atomic E-state index is 0.201. The molecule has 2 aromatic carbocycles. The van der Waals surface area contributed by atoms with E-state index in [0.717, 1.165) is 22.2 Å². The molecular formula is C19H20N2O3. The number of aromatic nitrogens is 1. The summed E-state index contributed by atoms with van der Waals surface area (Å²) in [5.74, 6) is 0.492. The lowest BCUT2D eigenvalue weighted by atomic mass is 10.1. The van der Waals surface area contributed by atoms with Crippen LogP contribution in [0.5, 0.6) is 5.75 Å². The van der Waals surface area contributed by atoms with Gasteiger partial charge in [0, 0.05) is 29.9 Å². The molecule has 3 aromatic rings. The van der Waals surface area contributed by atoms with Gasteiger partial charge in [0.25, 0.3) is 5.91 Å². The number of nitrogens with one attached hydrogen (secondary N) is 2. The summed E-state index contributed by atoms with van der Waals surface area (Å²) in [6.07, 6.45) is -0.119. The van der Waals surface area contributed by atoms with Gasteiger partial charge in [-0.15, -0.1) is 0 Å². The van der Waals surface area contributed by atoms with Gasteiger partial charge in [-0.25, -0.2) is 0 Å². The minimum atomic E-state index is -0.624. The van der Waals surface area contributed by atoms with Crippen LogP contribution in [0, 0.1) is 0 Å². The number of benzene rings is 2. The Labute approximate surface area is 140 Å². The first kappa shape index (κ1) is 16.1. The number of amides is 1. The fourth-order valence-corrected chi connectivity index (χ4v) is 2.62. The standard InChI is InChI=1S/C19H20N2O3/c1-24-16-8-7-14-10-18(21-17(14)11-16)19(23)20-12-15(22)9-13-5-3-2-4-6-13/h2-8,10-11,15,21-22H,9,12H2,1H3,(H,20,23)/t15-/m1/s1. The van der Waals surface area contributed by atoms with Crippen LogP contribution < -0.4 is 10.1 Å². The summed E-state index contributed by atoms with van der Waals surface area (Å²) in [5.41, 5.74) is 2.34. The molecule has 0 fully saturated rings. The van der Waals surface area contributed by atoms with Gasteiger partial charge in [-0.05, 0) is 23.8 Å². The molecule has 5 heteroatoms. The Hall–Kier alpha value is -2.79. The molecule has 0 aliphatic carbocycles. The Bertz CT molecular complexity index is 827. The third kappa shape index (κ3) is 3.75. The summed E-state index contributed by atoms with van der Waals surface area (Å²) in [5, 5.41) is 13.8. The van der Waals surface area contributed by atoms with Crippen LogP contribution >= 0.6 is 0 Å². The summed E-state index contributed by atoms with van der Waals surface area (Å²) < 4.78 is 5.17. The van der Waals surface area contributed by atoms with Gasteiger partial charge in [-0.3, -0.25) is 4.79 Å². The molecule has 0 saturated carbocycles. The van der Waals surface area contributed by atoms with Crippen LogP contribution in [0.25, 0.3) is 10.9 Å². The summed E-state index contributed by atoms with van der Waals surface area (Å²) >= 11 is 0. The van der Waals surface area contributed by atoms with E-state index in [9.17, 15) is 9.90 Å². The Morgan fingerprint density at radius 3 is 2.75 bits per heavy atom. The Morgan fingerprint density at radius 2 is 2.00 bits per heavy atom. The fourth-order valence-electron chi connectivity index (χ4n) is 2.62. The van der Waals surface area contributed by atoms with Crippen LogP contribution in [0.2, 0.25) is 0 Å². The molecule has 1 heterocycles. The van der Waals surface area contributed by atoms with E-state index in [1.54, 1.807) is 13.2 Å². The first-order valence-electron chi connectivity index (χ1n) is 7.82. The second-order valence-corrected chi connectivity index (χ2v) is 5.69. The van der Waals surface area contributed by atoms with Crippen LogP contribution in [-0.2, 0) is 6.42 Å². The summed E-state index contributed by atoms with van der Waals surface area (Å²) in [4.78, 5) is 15.3. The van der Waals surface area contributed by atoms with Crippen LogP contribution in [0.15, 0.2) is 54.6 Å². The molecule has 124 valence electrons. The van der Waals surface area contributed by atoms with E-state index >= 15 is 0 Å². The number of aliphatic hydroxyl groups is 1. The van der Waals surface area contributed by atoms with Crippen LogP contribution in [0.3, 0.4) is 0 Å². The number of carbonyl (C=O) groups is 1. The molecule has 5 nitrogen and oxygen atoms in total. The van der Waals surface area contributed by atoms with Crippen molar-refractivity contribution < 1.29 is 14.6 Å². The lowest BCUT2D eigenvalue weighted by Crippen LogP contribution is -2.33. The summed E-state index contributed by atoms with van der Waals surface area (Å²) in [6.45, 7) is 0.201. The van der Waals surface area contributed by atoms with Crippen molar-refractivity contribution in [3.63, 3.8) is 0 Å². The van der Waals surface area contributed by atoms with Crippen molar-refractivity contribution in [1.29, 1.82) is 0 Å². The molecule has 0 spiro atoms. The van der Waals surface area contributed by atoms with Gasteiger partial charge in [0.1, 0.15) is 11.4 Å². The highest BCUT2D eigenvalue weighted by Gasteiger charge is 2.12. The van der Waals surface area contributed by atoms with Gasteiger partial charge in [-0.2, -0.15) is 0 Å². The SMILES string of the molecule is COc1ccc2cc(C(=O)NC[C@H](O)Cc3ccccc3)[nH]c2c1.